The SMILES string of the molecule is CCC1CC(F)(F)CC(CO)N1. The second-order valence-electron chi connectivity index (χ2n) is 3.42. The van der Waals surface area contributed by atoms with Crippen LogP contribution in [0.2, 0.25) is 0 Å². The summed E-state index contributed by atoms with van der Waals surface area (Å²) >= 11 is 0. The third-order valence-electron chi connectivity index (χ3n) is 2.27. The minimum Gasteiger partial charge on any atom is -0.395 e. The molecule has 1 aliphatic heterocycles. The van der Waals surface area contributed by atoms with E-state index < -0.39 is 12.0 Å². The highest BCUT2D eigenvalue weighted by Gasteiger charge is 2.39. The Balaban J connectivity index is 2.53. The van der Waals surface area contributed by atoms with Crippen LogP contribution in [-0.2, 0) is 0 Å². The van der Waals surface area contributed by atoms with Crippen LogP contribution in [0.25, 0.3) is 0 Å². The molecule has 12 heavy (non-hydrogen) atoms. The Morgan fingerprint density at radius 2 is 2.00 bits per heavy atom. The molecule has 0 saturated carbocycles. The fourth-order valence-electron chi connectivity index (χ4n) is 1.63. The van der Waals surface area contributed by atoms with E-state index in [2.05, 4.69) is 5.32 Å². The lowest BCUT2D eigenvalue weighted by atomic mass is 9.94. The summed E-state index contributed by atoms with van der Waals surface area (Å²) in [7, 11) is 0. The fraction of sp³-hybridized carbons (Fsp3) is 1.00. The largest absolute Gasteiger partial charge is 0.395 e. The maximum absolute atomic E-state index is 12.9. The highest BCUT2D eigenvalue weighted by molar-refractivity contribution is 4.88. The molecule has 0 aliphatic carbocycles. The average molecular weight is 179 g/mol. The molecule has 2 nitrogen and oxygen atoms in total. The number of piperidine rings is 1. The lowest BCUT2D eigenvalue weighted by Crippen LogP contribution is -2.51. The Bertz CT molecular complexity index is 138. The molecule has 0 aromatic rings. The molecule has 0 aromatic carbocycles. The summed E-state index contributed by atoms with van der Waals surface area (Å²) in [6.07, 6.45) is 0.353. The van der Waals surface area contributed by atoms with Crippen LogP contribution in [0.5, 0.6) is 0 Å². The van der Waals surface area contributed by atoms with Crippen LogP contribution in [0.1, 0.15) is 26.2 Å². The summed E-state index contributed by atoms with van der Waals surface area (Å²) in [4.78, 5) is 0. The van der Waals surface area contributed by atoms with Crippen molar-refractivity contribution in [2.75, 3.05) is 6.61 Å². The molecule has 1 heterocycles. The molecule has 2 unspecified atom stereocenters. The van der Waals surface area contributed by atoms with Gasteiger partial charge in [0, 0.05) is 24.9 Å². The van der Waals surface area contributed by atoms with Crippen LogP contribution < -0.4 is 5.32 Å². The molecular formula is C8H15F2NO. The van der Waals surface area contributed by atoms with E-state index in [9.17, 15) is 8.78 Å². The first-order chi connectivity index (χ1) is 5.57. The standard InChI is InChI=1S/C8H15F2NO/c1-2-6-3-8(9,10)4-7(5-12)11-6/h6-7,11-12H,2-5H2,1H3. The molecule has 1 fully saturated rings. The average Bonchev–Trinajstić information content (AvgIpc) is 2.01. The predicted octanol–water partition coefficient (Wildman–Crippen LogP) is 1.14. The molecule has 0 spiro atoms. The van der Waals surface area contributed by atoms with E-state index in [4.69, 9.17) is 5.11 Å². The third-order valence-corrected chi connectivity index (χ3v) is 2.27. The van der Waals surface area contributed by atoms with Gasteiger partial charge in [-0.1, -0.05) is 6.92 Å². The number of nitrogens with one attached hydrogen (secondary N) is 1. The maximum atomic E-state index is 12.9. The van der Waals surface area contributed by atoms with Gasteiger partial charge in [-0.3, -0.25) is 0 Å². The zero-order valence-corrected chi connectivity index (χ0v) is 7.19. The summed E-state index contributed by atoms with van der Waals surface area (Å²) in [6.45, 7) is 1.67. The zero-order chi connectivity index (χ0) is 9.19. The van der Waals surface area contributed by atoms with Gasteiger partial charge in [-0.15, -0.1) is 0 Å². The number of rotatable bonds is 2. The van der Waals surface area contributed by atoms with E-state index in [1.54, 1.807) is 0 Å². The van der Waals surface area contributed by atoms with E-state index in [0.717, 1.165) is 0 Å². The molecule has 0 aromatic heterocycles. The van der Waals surface area contributed by atoms with E-state index in [-0.39, 0.29) is 25.5 Å². The van der Waals surface area contributed by atoms with Crippen molar-refractivity contribution in [3.05, 3.63) is 0 Å². The zero-order valence-electron chi connectivity index (χ0n) is 7.19. The second-order valence-corrected chi connectivity index (χ2v) is 3.42. The molecular weight excluding hydrogens is 164 g/mol. The van der Waals surface area contributed by atoms with E-state index in [1.807, 2.05) is 6.92 Å². The van der Waals surface area contributed by atoms with Crippen molar-refractivity contribution >= 4 is 0 Å². The lowest BCUT2D eigenvalue weighted by Gasteiger charge is -2.34. The number of halogens is 2. The molecule has 0 amide bonds. The van der Waals surface area contributed by atoms with E-state index in [1.165, 1.54) is 0 Å². The quantitative estimate of drug-likeness (QED) is 0.666. The van der Waals surface area contributed by atoms with Crippen molar-refractivity contribution < 1.29 is 13.9 Å². The highest BCUT2D eigenvalue weighted by atomic mass is 19.3. The van der Waals surface area contributed by atoms with Crippen molar-refractivity contribution in [1.29, 1.82) is 0 Å². The van der Waals surface area contributed by atoms with E-state index >= 15 is 0 Å². The summed E-state index contributed by atoms with van der Waals surface area (Å²) < 4.78 is 25.9. The Morgan fingerprint density at radius 3 is 2.50 bits per heavy atom. The minimum atomic E-state index is -2.60. The van der Waals surface area contributed by atoms with Crippen LogP contribution in [0.15, 0.2) is 0 Å². The van der Waals surface area contributed by atoms with Crippen LogP contribution in [-0.4, -0.2) is 29.7 Å². The molecule has 72 valence electrons. The molecule has 0 radical (unpaired) electrons. The maximum Gasteiger partial charge on any atom is 0.251 e. The van der Waals surface area contributed by atoms with Crippen molar-refractivity contribution in [3.8, 4) is 0 Å². The summed E-state index contributed by atoms with van der Waals surface area (Å²) in [5.74, 6) is -2.60. The molecule has 1 aliphatic rings. The monoisotopic (exact) mass is 179 g/mol. The van der Waals surface area contributed by atoms with Gasteiger partial charge >= 0.3 is 0 Å². The van der Waals surface area contributed by atoms with Gasteiger partial charge < -0.3 is 10.4 Å². The van der Waals surface area contributed by atoms with Gasteiger partial charge in [-0.05, 0) is 6.42 Å². The van der Waals surface area contributed by atoms with Crippen LogP contribution >= 0.6 is 0 Å². The first-order valence-corrected chi connectivity index (χ1v) is 4.32. The van der Waals surface area contributed by atoms with Crippen molar-refractivity contribution in [2.45, 2.75) is 44.2 Å². The minimum absolute atomic E-state index is 0.0972. The van der Waals surface area contributed by atoms with Crippen molar-refractivity contribution in [2.24, 2.45) is 0 Å². The molecule has 1 saturated heterocycles. The first kappa shape index (κ1) is 9.86. The molecule has 0 bridgehead atoms. The van der Waals surface area contributed by atoms with E-state index in [0.29, 0.717) is 6.42 Å². The van der Waals surface area contributed by atoms with Crippen LogP contribution in [0.3, 0.4) is 0 Å². The van der Waals surface area contributed by atoms with Gasteiger partial charge in [0.25, 0.3) is 5.92 Å². The normalized spacial score (nSPS) is 35.0. The van der Waals surface area contributed by atoms with Gasteiger partial charge in [-0.25, -0.2) is 8.78 Å². The fourth-order valence-corrected chi connectivity index (χ4v) is 1.63. The van der Waals surface area contributed by atoms with Gasteiger partial charge in [0.2, 0.25) is 0 Å². The van der Waals surface area contributed by atoms with Gasteiger partial charge in [0.15, 0.2) is 0 Å². The van der Waals surface area contributed by atoms with Crippen molar-refractivity contribution in [3.63, 3.8) is 0 Å². The third kappa shape index (κ3) is 2.38. The number of hydrogen-bond acceptors (Lipinski definition) is 2. The number of aliphatic hydroxyl groups excluding tert-OH is 1. The number of alkyl halides is 2. The molecule has 2 N–H and O–H groups in total. The highest BCUT2D eigenvalue weighted by Crippen LogP contribution is 2.31. The van der Waals surface area contributed by atoms with Gasteiger partial charge in [0.1, 0.15) is 0 Å². The summed E-state index contributed by atoms with van der Waals surface area (Å²) in [6, 6.07) is -0.579. The molecule has 2 atom stereocenters. The van der Waals surface area contributed by atoms with Gasteiger partial charge in [-0.2, -0.15) is 0 Å². The Morgan fingerprint density at radius 1 is 1.42 bits per heavy atom. The number of aliphatic hydroxyl groups is 1. The Labute approximate surface area is 71.0 Å². The van der Waals surface area contributed by atoms with Gasteiger partial charge in [0.05, 0.1) is 6.61 Å². The smallest absolute Gasteiger partial charge is 0.251 e. The predicted molar refractivity (Wildman–Crippen MR) is 42.3 cm³/mol. The number of hydrogen-bond donors (Lipinski definition) is 2. The Kier molecular flexibility index (Phi) is 3.01. The first-order valence-electron chi connectivity index (χ1n) is 4.32. The topological polar surface area (TPSA) is 32.3 Å². The van der Waals surface area contributed by atoms with Crippen LogP contribution in [0.4, 0.5) is 8.78 Å². The summed E-state index contributed by atoms with van der Waals surface area (Å²) in [5, 5.41) is 11.7. The Hall–Kier alpha value is -0.220. The molecule has 1 rings (SSSR count). The summed E-state index contributed by atoms with van der Waals surface area (Å²) in [5.41, 5.74) is 0. The van der Waals surface area contributed by atoms with Crippen LogP contribution in [0, 0.1) is 0 Å². The molecule has 4 heteroatoms. The second kappa shape index (κ2) is 3.66. The van der Waals surface area contributed by atoms with Crippen molar-refractivity contribution in [1.82, 2.24) is 5.32 Å². The lowest BCUT2D eigenvalue weighted by molar-refractivity contribution is -0.0622.